The van der Waals surface area contributed by atoms with E-state index in [9.17, 15) is 17.6 Å². The molecule has 0 aliphatic carbocycles. The van der Waals surface area contributed by atoms with Gasteiger partial charge in [0.2, 0.25) is 10.0 Å². The minimum absolute atomic E-state index is 0.0303. The highest BCUT2D eigenvalue weighted by molar-refractivity contribution is 7.89. The smallest absolute Gasteiger partial charge is 0.254 e. The minimum Gasteiger partial charge on any atom is -0.495 e. The number of amides is 1. The van der Waals surface area contributed by atoms with Gasteiger partial charge in [-0.25, -0.2) is 12.8 Å². The van der Waals surface area contributed by atoms with E-state index >= 15 is 0 Å². The maximum Gasteiger partial charge on any atom is 0.254 e. The van der Waals surface area contributed by atoms with Crippen molar-refractivity contribution in [2.24, 2.45) is 0 Å². The van der Waals surface area contributed by atoms with Crippen molar-refractivity contribution >= 4 is 21.6 Å². The average molecular weight is 476 g/mol. The number of para-hydroxylation sites is 1. The van der Waals surface area contributed by atoms with E-state index in [0.717, 1.165) is 25.7 Å². The van der Waals surface area contributed by atoms with Crippen LogP contribution in [0.4, 0.5) is 10.1 Å². The molecule has 0 spiro atoms. The Hall–Kier alpha value is -2.65. The summed E-state index contributed by atoms with van der Waals surface area (Å²) in [6, 6.07) is 11.2. The Morgan fingerprint density at radius 1 is 0.909 bits per heavy atom. The van der Waals surface area contributed by atoms with Crippen molar-refractivity contribution in [1.82, 2.24) is 9.21 Å². The molecule has 2 aliphatic rings. The second-order valence-electron chi connectivity index (χ2n) is 8.41. The first kappa shape index (κ1) is 23.5. The standard InChI is InChI=1S/C24H30FN3O4S/c1-32-22-11-10-19(18-23(22)33(30,31)28-12-6-2-3-7-13-28)24(29)27-16-14-26(15-17-27)21-9-5-4-8-20(21)25/h4-5,8-11,18H,2-3,6-7,12-17H2,1H3. The fourth-order valence-corrected chi connectivity index (χ4v) is 6.17. The maximum absolute atomic E-state index is 14.1. The van der Waals surface area contributed by atoms with Crippen molar-refractivity contribution < 1.29 is 22.3 Å². The topological polar surface area (TPSA) is 70.2 Å². The quantitative estimate of drug-likeness (QED) is 0.663. The molecule has 4 rings (SSSR count). The number of methoxy groups -OCH3 is 1. The van der Waals surface area contributed by atoms with Gasteiger partial charge in [-0.15, -0.1) is 0 Å². The lowest BCUT2D eigenvalue weighted by Crippen LogP contribution is -2.49. The van der Waals surface area contributed by atoms with Crippen molar-refractivity contribution in [2.45, 2.75) is 30.6 Å². The van der Waals surface area contributed by atoms with Gasteiger partial charge >= 0.3 is 0 Å². The van der Waals surface area contributed by atoms with Crippen LogP contribution in [-0.4, -0.2) is 69.9 Å². The molecule has 2 fully saturated rings. The molecular formula is C24H30FN3O4S. The van der Waals surface area contributed by atoms with Crippen LogP contribution < -0.4 is 9.64 Å². The van der Waals surface area contributed by atoms with Crippen molar-refractivity contribution in [3.63, 3.8) is 0 Å². The predicted molar refractivity (Wildman–Crippen MR) is 125 cm³/mol. The van der Waals surface area contributed by atoms with Crippen LogP contribution in [0, 0.1) is 5.82 Å². The van der Waals surface area contributed by atoms with Gasteiger partial charge in [0.05, 0.1) is 12.8 Å². The monoisotopic (exact) mass is 475 g/mol. The molecule has 0 N–H and O–H groups in total. The fourth-order valence-electron chi connectivity index (χ4n) is 4.47. The molecule has 1 amide bonds. The number of sulfonamides is 1. The van der Waals surface area contributed by atoms with E-state index in [1.807, 2.05) is 4.90 Å². The second-order valence-corrected chi connectivity index (χ2v) is 10.3. The van der Waals surface area contributed by atoms with E-state index in [1.54, 1.807) is 35.2 Å². The van der Waals surface area contributed by atoms with Gasteiger partial charge in [0.1, 0.15) is 16.5 Å². The third-order valence-electron chi connectivity index (χ3n) is 6.35. The summed E-state index contributed by atoms with van der Waals surface area (Å²) in [6.45, 7) is 2.80. The van der Waals surface area contributed by atoms with E-state index in [1.165, 1.54) is 23.5 Å². The maximum atomic E-state index is 14.1. The normalized spacial score (nSPS) is 18.1. The third kappa shape index (κ3) is 4.99. The molecule has 2 saturated heterocycles. The van der Waals surface area contributed by atoms with E-state index < -0.39 is 10.0 Å². The van der Waals surface area contributed by atoms with Crippen LogP contribution in [0.5, 0.6) is 5.75 Å². The van der Waals surface area contributed by atoms with Crippen LogP contribution in [0.3, 0.4) is 0 Å². The zero-order chi connectivity index (χ0) is 23.4. The fraction of sp³-hybridized carbons (Fsp3) is 0.458. The molecule has 9 heteroatoms. The molecule has 0 aromatic heterocycles. The van der Waals surface area contributed by atoms with E-state index in [-0.39, 0.29) is 22.4 Å². The average Bonchev–Trinajstić information content (AvgIpc) is 3.14. The zero-order valence-electron chi connectivity index (χ0n) is 18.9. The van der Waals surface area contributed by atoms with Crippen LogP contribution >= 0.6 is 0 Å². The Morgan fingerprint density at radius 3 is 2.21 bits per heavy atom. The number of hydrogen-bond acceptors (Lipinski definition) is 5. The largest absolute Gasteiger partial charge is 0.495 e. The van der Waals surface area contributed by atoms with Gasteiger partial charge in [-0.1, -0.05) is 25.0 Å². The Balaban J connectivity index is 1.52. The number of anilines is 1. The molecule has 2 aromatic carbocycles. The van der Waals surface area contributed by atoms with Gasteiger partial charge in [0.25, 0.3) is 5.91 Å². The Kier molecular flexibility index (Phi) is 7.19. The number of nitrogens with zero attached hydrogens (tertiary/aromatic N) is 3. The Bertz CT molecular complexity index is 1090. The summed E-state index contributed by atoms with van der Waals surface area (Å²) in [6.07, 6.45) is 3.68. The number of halogens is 1. The van der Waals surface area contributed by atoms with Gasteiger partial charge in [0.15, 0.2) is 0 Å². The van der Waals surface area contributed by atoms with Crippen LogP contribution in [0.2, 0.25) is 0 Å². The molecule has 2 aromatic rings. The second kappa shape index (κ2) is 10.1. The first-order chi connectivity index (χ1) is 15.9. The van der Waals surface area contributed by atoms with Crippen molar-refractivity contribution in [1.29, 1.82) is 0 Å². The van der Waals surface area contributed by atoms with E-state index in [0.29, 0.717) is 50.5 Å². The lowest BCUT2D eigenvalue weighted by Gasteiger charge is -2.36. The molecule has 0 radical (unpaired) electrons. The van der Waals surface area contributed by atoms with Crippen LogP contribution in [0.25, 0.3) is 0 Å². The number of carbonyl (C=O) groups excluding carboxylic acids is 1. The number of benzene rings is 2. The minimum atomic E-state index is -3.78. The summed E-state index contributed by atoms with van der Waals surface area (Å²) in [5.74, 6) is -0.283. The number of rotatable bonds is 5. The number of carbonyl (C=O) groups is 1. The first-order valence-electron chi connectivity index (χ1n) is 11.4. The summed E-state index contributed by atoms with van der Waals surface area (Å²) in [5.41, 5.74) is 0.836. The Morgan fingerprint density at radius 2 is 1.58 bits per heavy atom. The first-order valence-corrected chi connectivity index (χ1v) is 12.8. The summed E-state index contributed by atoms with van der Waals surface area (Å²) < 4.78 is 47.7. The van der Waals surface area contributed by atoms with Crippen LogP contribution in [0.1, 0.15) is 36.0 Å². The molecule has 33 heavy (non-hydrogen) atoms. The molecule has 0 saturated carbocycles. The lowest BCUT2D eigenvalue weighted by atomic mass is 10.1. The van der Waals surface area contributed by atoms with E-state index in [4.69, 9.17) is 4.74 Å². The lowest BCUT2D eigenvalue weighted by molar-refractivity contribution is 0.0746. The summed E-state index contributed by atoms with van der Waals surface area (Å²) in [4.78, 5) is 16.8. The van der Waals surface area contributed by atoms with Gasteiger partial charge < -0.3 is 14.5 Å². The Labute approximate surface area is 194 Å². The molecular weight excluding hydrogens is 445 g/mol. The zero-order valence-corrected chi connectivity index (χ0v) is 19.7. The van der Waals surface area contributed by atoms with Gasteiger partial charge in [-0.3, -0.25) is 4.79 Å². The van der Waals surface area contributed by atoms with Gasteiger partial charge in [-0.05, 0) is 43.2 Å². The summed E-state index contributed by atoms with van der Waals surface area (Å²) in [7, 11) is -2.35. The summed E-state index contributed by atoms with van der Waals surface area (Å²) >= 11 is 0. The van der Waals surface area contributed by atoms with Crippen LogP contribution in [0.15, 0.2) is 47.4 Å². The molecule has 0 unspecified atom stereocenters. The number of hydrogen-bond donors (Lipinski definition) is 0. The molecule has 0 atom stereocenters. The molecule has 2 aliphatic heterocycles. The van der Waals surface area contributed by atoms with Gasteiger partial charge in [0, 0.05) is 44.8 Å². The van der Waals surface area contributed by atoms with Gasteiger partial charge in [-0.2, -0.15) is 4.31 Å². The molecule has 0 bridgehead atoms. The highest BCUT2D eigenvalue weighted by Crippen LogP contribution is 2.30. The summed E-state index contributed by atoms with van der Waals surface area (Å²) in [5, 5.41) is 0. The molecule has 7 nitrogen and oxygen atoms in total. The van der Waals surface area contributed by atoms with Crippen LogP contribution in [-0.2, 0) is 10.0 Å². The molecule has 178 valence electrons. The number of piperazine rings is 1. The SMILES string of the molecule is COc1ccc(C(=O)N2CCN(c3ccccc3F)CC2)cc1S(=O)(=O)N1CCCCCC1. The van der Waals surface area contributed by atoms with Crippen molar-refractivity contribution in [3.05, 3.63) is 53.8 Å². The highest BCUT2D eigenvalue weighted by Gasteiger charge is 2.30. The highest BCUT2D eigenvalue weighted by atomic mass is 32.2. The third-order valence-corrected chi connectivity index (χ3v) is 8.27. The van der Waals surface area contributed by atoms with E-state index in [2.05, 4.69) is 0 Å². The van der Waals surface area contributed by atoms with Crippen molar-refractivity contribution in [3.8, 4) is 5.75 Å². The predicted octanol–water partition coefficient (Wildman–Crippen LogP) is 3.36. The van der Waals surface area contributed by atoms with Crippen molar-refractivity contribution in [2.75, 3.05) is 51.3 Å². The molecule has 2 heterocycles. The number of ether oxygens (including phenoxy) is 1.